The predicted octanol–water partition coefficient (Wildman–Crippen LogP) is 4.40. The third-order valence-corrected chi connectivity index (χ3v) is 3.68. The number of rotatable bonds is 7. The quantitative estimate of drug-likeness (QED) is 0.771. The average Bonchev–Trinajstić information content (AvgIpc) is 2.59. The van der Waals surface area contributed by atoms with Gasteiger partial charge in [-0.1, -0.05) is 38.1 Å². The highest BCUT2D eigenvalue weighted by Gasteiger charge is 2.14. The lowest BCUT2D eigenvalue weighted by atomic mass is 10.0. The first-order valence-corrected chi connectivity index (χ1v) is 7.57. The second kappa shape index (κ2) is 7.68. The third kappa shape index (κ3) is 4.03. The molecule has 0 spiro atoms. The van der Waals surface area contributed by atoms with Gasteiger partial charge < -0.3 is 19.6 Å². The Morgan fingerprint density at radius 2 is 1.57 bits per heavy atom. The zero-order valence-electron chi connectivity index (χ0n) is 14.1. The largest absolute Gasteiger partial charge is 0.493 e. The first kappa shape index (κ1) is 16.9. The number of hydrogen-bond donors (Lipinski definition) is 1. The number of benzene rings is 2. The molecule has 0 heterocycles. The van der Waals surface area contributed by atoms with Crippen LogP contribution in [0.15, 0.2) is 36.4 Å². The Balaban J connectivity index is 2.20. The van der Waals surface area contributed by atoms with E-state index in [2.05, 4.69) is 38.1 Å². The van der Waals surface area contributed by atoms with E-state index >= 15 is 0 Å². The SMILES string of the molecule is COc1cc(C=N)cc(OC)c1OCc1ccc(C(C)C)cc1. The zero-order valence-corrected chi connectivity index (χ0v) is 14.1. The van der Waals surface area contributed by atoms with Crippen LogP contribution in [-0.2, 0) is 6.61 Å². The topological polar surface area (TPSA) is 51.5 Å². The number of hydrogen-bond acceptors (Lipinski definition) is 4. The van der Waals surface area contributed by atoms with Gasteiger partial charge in [0.25, 0.3) is 0 Å². The van der Waals surface area contributed by atoms with E-state index in [0.29, 0.717) is 35.3 Å². The van der Waals surface area contributed by atoms with Crippen molar-refractivity contribution >= 4 is 6.21 Å². The van der Waals surface area contributed by atoms with Gasteiger partial charge in [-0.3, -0.25) is 0 Å². The summed E-state index contributed by atoms with van der Waals surface area (Å²) in [6.45, 7) is 4.77. The van der Waals surface area contributed by atoms with Crippen molar-refractivity contribution in [2.75, 3.05) is 14.2 Å². The Kier molecular flexibility index (Phi) is 5.63. The minimum absolute atomic E-state index is 0.426. The molecule has 0 saturated carbocycles. The Bertz CT molecular complexity index is 638. The van der Waals surface area contributed by atoms with Crippen LogP contribution in [0.3, 0.4) is 0 Å². The molecule has 122 valence electrons. The average molecular weight is 313 g/mol. The van der Waals surface area contributed by atoms with Crippen LogP contribution in [0, 0.1) is 5.41 Å². The normalized spacial score (nSPS) is 10.5. The molecule has 0 saturated heterocycles. The molecule has 1 N–H and O–H groups in total. The molecule has 0 unspecified atom stereocenters. The Hall–Kier alpha value is -2.49. The van der Waals surface area contributed by atoms with Gasteiger partial charge in [-0.25, -0.2) is 0 Å². The fourth-order valence-electron chi connectivity index (χ4n) is 2.28. The van der Waals surface area contributed by atoms with Gasteiger partial charge in [-0.15, -0.1) is 0 Å². The fourth-order valence-corrected chi connectivity index (χ4v) is 2.28. The highest BCUT2D eigenvalue weighted by atomic mass is 16.5. The molecule has 0 aliphatic rings. The van der Waals surface area contributed by atoms with Crippen LogP contribution in [0.2, 0.25) is 0 Å². The van der Waals surface area contributed by atoms with Gasteiger partial charge in [-0.05, 0) is 34.7 Å². The van der Waals surface area contributed by atoms with Crippen LogP contribution in [0.1, 0.15) is 36.5 Å². The van der Waals surface area contributed by atoms with E-state index in [1.165, 1.54) is 11.8 Å². The lowest BCUT2D eigenvalue weighted by Gasteiger charge is -2.15. The predicted molar refractivity (Wildman–Crippen MR) is 92.3 cm³/mol. The summed E-state index contributed by atoms with van der Waals surface area (Å²) in [4.78, 5) is 0. The van der Waals surface area contributed by atoms with Crippen molar-refractivity contribution < 1.29 is 14.2 Å². The second-order valence-electron chi connectivity index (χ2n) is 5.58. The van der Waals surface area contributed by atoms with Crippen molar-refractivity contribution in [3.05, 3.63) is 53.1 Å². The molecule has 0 aliphatic heterocycles. The molecule has 0 aromatic heterocycles. The molecule has 2 aromatic rings. The summed E-state index contributed by atoms with van der Waals surface area (Å²) >= 11 is 0. The van der Waals surface area contributed by atoms with Crippen molar-refractivity contribution in [1.82, 2.24) is 0 Å². The second-order valence-corrected chi connectivity index (χ2v) is 5.58. The van der Waals surface area contributed by atoms with Crippen LogP contribution < -0.4 is 14.2 Å². The van der Waals surface area contributed by atoms with Crippen molar-refractivity contribution in [1.29, 1.82) is 5.41 Å². The number of methoxy groups -OCH3 is 2. The van der Waals surface area contributed by atoms with Gasteiger partial charge in [0.05, 0.1) is 14.2 Å². The molecule has 2 rings (SSSR count). The van der Waals surface area contributed by atoms with Crippen molar-refractivity contribution in [2.24, 2.45) is 0 Å². The summed E-state index contributed by atoms with van der Waals surface area (Å²) in [5.74, 6) is 2.18. The van der Waals surface area contributed by atoms with Gasteiger partial charge in [0.1, 0.15) is 6.61 Å². The minimum Gasteiger partial charge on any atom is -0.493 e. The molecule has 0 atom stereocenters. The van der Waals surface area contributed by atoms with Crippen molar-refractivity contribution in [3.63, 3.8) is 0 Å². The highest BCUT2D eigenvalue weighted by Crippen LogP contribution is 2.38. The Morgan fingerprint density at radius 3 is 2.00 bits per heavy atom. The summed E-state index contributed by atoms with van der Waals surface area (Å²) in [5.41, 5.74) is 3.08. The monoisotopic (exact) mass is 313 g/mol. The van der Waals surface area contributed by atoms with E-state index in [4.69, 9.17) is 19.6 Å². The number of ether oxygens (including phenoxy) is 3. The van der Waals surface area contributed by atoms with E-state index < -0.39 is 0 Å². The van der Waals surface area contributed by atoms with Gasteiger partial charge in [0.2, 0.25) is 5.75 Å². The summed E-state index contributed by atoms with van der Waals surface area (Å²) in [6, 6.07) is 11.9. The third-order valence-electron chi connectivity index (χ3n) is 3.68. The molecule has 2 aromatic carbocycles. The van der Waals surface area contributed by atoms with E-state index in [-0.39, 0.29) is 0 Å². The van der Waals surface area contributed by atoms with E-state index in [1.54, 1.807) is 26.4 Å². The molecule has 0 aliphatic carbocycles. The summed E-state index contributed by atoms with van der Waals surface area (Å²) < 4.78 is 16.6. The molecule has 23 heavy (non-hydrogen) atoms. The fraction of sp³-hybridized carbons (Fsp3) is 0.316. The summed E-state index contributed by atoms with van der Waals surface area (Å²) in [5, 5.41) is 7.37. The Morgan fingerprint density at radius 1 is 1.00 bits per heavy atom. The maximum Gasteiger partial charge on any atom is 0.203 e. The molecular weight excluding hydrogens is 290 g/mol. The molecule has 0 radical (unpaired) electrons. The summed E-state index contributed by atoms with van der Waals surface area (Å²) in [7, 11) is 3.15. The van der Waals surface area contributed by atoms with Crippen LogP contribution >= 0.6 is 0 Å². The molecule has 4 nitrogen and oxygen atoms in total. The Labute approximate surface area is 137 Å². The maximum absolute atomic E-state index is 7.37. The van der Waals surface area contributed by atoms with Gasteiger partial charge in [-0.2, -0.15) is 0 Å². The van der Waals surface area contributed by atoms with E-state index in [9.17, 15) is 0 Å². The smallest absolute Gasteiger partial charge is 0.203 e. The number of nitrogens with one attached hydrogen (secondary N) is 1. The first-order valence-electron chi connectivity index (χ1n) is 7.57. The van der Waals surface area contributed by atoms with Crippen LogP contribution in [-0.4, -0.2) is 20.4 Å². The minimum atomic E-state index is 0.426. The van der Waals surface area contributed by atoms with Crippen LogP contribution in [0.25, 0.3) is 0 Å². The molecule has 0 fully saturated rings. The molecule has 4 heteroatoms. The van der Waals surface area contributed by atoms with Crippen LogP contribution in [0.5, 0.6) is 17.2 Å². The lowest BCUT2D eigenvalue weighted by molar-refractivity contribution is 0.266. The summed E-state index contributed by atoms with van der Waals surface area (Å²) in [6.07, 6.45) is 1.25. The first-order chi connectivity index (χ1) is 11.1. The van der Waals surface area contributed by atoms with Crippen molar-refractivity contribution in [3.8, 4) is 17.2 Å². The van der Waals surface area contributed by atoms with Gasteiger partial charge in [0.15, 0.2) is 11.5 Å². The van der Waals surface area contributed by atoms with E-state index in [1.807, 2.05) is 0 Å². The molecule has 0 amide bonds. The maximum atomic E-state index is 7.37. The molecular formula is C19H23NO3. The van der Waals surface area contributed by atoms with E-state index in [0.717, 1.165) is 5.56 Å². The lowest BCUT2D eigenvalue weighted by Crippen LogP contribution is -2.01. The van der Waals surface area contributed by atoms with Gasteiger partial charge in [0, 0.05) is 6.21 Å². The molecule has 0 bridgehead atoms. The van der Waals surface area contributed by atoms with Crippen LogP contribution in [0.4, 0.5) is 0 Å². The zero-order chi connectivity index (χ0) is 16.8. The highest BCUT2D eigenvalue weighted by molar-refractivity contribution is 5.80. The van der Waals surface area contributed by atoms with Crippen molar-refractivity contribution in [2.45, 2.75) is 26.4 Å². The van der Waals surface area contributed by atoms with Gasteiger partial charge >= 0.3 is 0 Å². The standard InChI is InChI=1S/C19H23NO3/c1-13(2)16-7-5-14(6-8-16)12-23-19-17(21-3)9-15(11-20)10-18(19)22-4/h5-11,13,20H,12H2,1-4H3.